The summed E-state index contributed by atoms with van der Waals surface area (Å²) in [4.78, 5) is 0. The normalized spacial score (nSPS) is 13.9. The molecule has 3 nitrogen and oxygen atoms in total. The molecule has 0 aromatic rings. The minimum absolute atomic E-state index is 0.0721. The van der Waals surface area contributed by atoms with Crippen molar-refractivity contribution >= 4 is 10.1 Å². The molecule has 0 aromatic carbocycles. The van der Waals surface area contributed by atoms with Gasteiger partial charge in [0.2, 0.25) is 0 Å². The van der Waals surface area contributed by atoms with Crippen molar-refractivity contribution in [1.82, 2.24) is 0 Å². The second-order valence-corrected chi connectivity index (χ2v) is 7.87. The fourth-order valence-corrected chi connectivity index (χ4v) is 2.23. The summed E-state index contributed by atoms with van der Waals surface area (Å²) < 4.78 is 26.1. The van der Waals surface area contributed by atoms with E-state index in [1.54, 1.807) is 12.2 Å². The zero-order chi connectivity index (χ0) is 18.4. The lowest BCUT2D eigenvalue weighted by atomic mass is 10.1. The molecule has 0 unspecified atom stereocenters. The van der Waals surface area contributed by atoms with E-state index in [0.29, 0.717) is 0 Å². The van der Waals surface area contributed by atoms with Crippen LogP contribution in [0.25, 0.3) is 0 Å². The highest BCUT2D eigenvalue weighted by molar-refractivity contribution is 7.85. The Morgan fingerprint density at radius 3 is 2.12 bits per heavy atom. The Kier molecular flexibility index (Phi) is 12.2. The predicted octanol–water partition coefficient (Wildman–Crippen LogP) is 5.49. The standard InChI is InChI=1S/C20H32O3S/c1-18(2)12-10-14-20(4)16-11-15-19(3)13-8-6-7-9-17-23-24(5,21)22/h6-9,12-13,16H,10-11,14-15,17H2,1-5H3/b8-6+,9-7-,19-13-,20-16+. The van der Waals surface area contributed by atoms with Crippen LogP contribution < -0.4 is 0 Å². The minimum Gasteiger partial charge on any atom is -0.266 e. The van der Waals surface area contributed by atoms with Crippen LogP contribution in [0.2, 0.25) is 0 Å². The Balaban J connectivity index is 4.03. The first-order chi connectivity index (χ1) is 11.2. The van der Waals surface area contributed by atoms with Gasteiger partial charge in [0.05, 0.1) is 12.9 Å². The second-order valence-electron chi connectivity index (χ2n) is 6.22. The van der Waals surface area contributed by atoms with E-state index in [2.05, 4.69) is 50.1 Å². The van der Waals surface area contributed by atoms with Gasteiger partial charge in [0.25, 0.3) is 10.1 Å². The van der Waals surface area contributed by atoms with E-state index in [-0.39, 0.29) is 6.61 Å². The lowest BCUT2D eigenvalue weighted by Crippen LogP contribution is -2.01. The summed E-state index contributed by atoms with van der Waals surface area (Å²) >= 11 is 0. The molecule has 0 aliphatic rings. The summed E-state index contributed by atoms with van der Waals surface area (Å²) in [5, 5.41) is 0. The highest BCUT2D eigenvalue weighted by atomic mass is 32.2. The van der Waals surface area contributed by atoms with Crippen LogP contribution >= 0.6 is 0 Å². The molecule has 0 aliphatic carbocycles. The largest absolute Gasteiger partial charge is 0.266 e. The third-order valence-electron chi connectivity index (χ3n) is 3.24. The molecule has 4 heteroatoms. The Hall–Kier alpha value is -1.39. The van der Waals surface area contributed by atoms with Crippen LogP contribution in [-0.2, 0) is 14.3 Å². The van der Waals surface area contributed by atoms with E-state index in [1.165, 1.54) is 16.7 Å². The summed E-state index contributed by atoms with van der Waals surface area (Å²) in [5.41, 5.74) is 4.15. The molecule has 0 atom stereocenters. The first kappa shape index (κ1) is 22.6. The van der Waals surface area contributed by atoms with Crippen LogP contribution in [0.5, 0.6) is 0 Å². The Labute approximate surface area is 148 Å². The zero-order valence-electron chi connectivity index (χ0n) is 15.7. The number of allylic oxidation sites excluding steroid dienone is 9. The SMILES string of the molecule is CC(C)=CCC/C(C)=C/CC\C(C)=C/C=C/C=C\COS(C)(=O)=O. The van der Waals surface area contributed by atoms with E-state index in [9.17, 15) is 8.42 Å². The van der Waals surface area contributed by atoms with Crippen molar-refractivity contribution in [3.8, 4) is 0 Å². The van der Waals surface area contributed by atoms with Crippen LogP contribution in [-0.4, -0.2) is 21.3 Å². The van der Waals surface area contributed by atoms with E-state index >= 15 is 0 Å². The van der Waals surface area contributed by atoms with Crippen LogP contribution in [0.3, 0.4) is 0 Å². The van der Waals surface area contributed by atoms with Crippen molar-refractivity contribution in [2.24, 2.45) is 0 Å². The number of hydrogen-bond acceptors (Lipinski definition) is 3. The van der Waals surface area contributed by atoms with Gasteiger partial charge in [-0.1, -0.05) is 59.3 Å². The van der Waals surface area contributed by atoms with Gasteiger partial charge in [-0.25, -0.2) is 0 Å². The molecule has 0 aromatic heterocycles. The van der Waals surface area contributed by atoms with Gasteiger partial charge in [0.1, 0.15) is 0 Å². The maximum Gasteiger partial charge on any atom is 0.264 e. The van der Waals surface area contributed by atoms with Crippen molar-refractivity contribution in [3.05, 3.63) is 59.3 Å². The predicted molar refractivity (Wildman–Crippen MR) is 104 cm³/mol. The first-order valence-electron chi connectivity index (χ1n) is 8.33. The average molecular weight is 353 g/mol. The molecule has 0 spiro atoms. The third kappa shape index (κ3) is 17.0. The summed E-state index contributed by atoms with van der Waals surface area (Å²) in [6, 6.07) is 0. The lowest BCUT2D eigenvalue weighted by molar-refractivity contribution is 0.361. The van der Waals surface area contributed by atoms with E-state index in [0.717, 1.165) is 31.9 Å². The van der Waals surface area contributed by atoms with Crippen molar-refractivity contribution in [3.63, 3.8) is 0 Å². The Bertz CT molecular complexity index is 599. The summed E-state index contributed by atoms with van der Waals surface area (Å²) in [5.74, 6) is 0. The molecule has 0 aliphatic heterocycles. The Morgan fingerprint density at radius 1 is 0.875 bits per heavy atom. The van der Waals surface area contributed by atoms with Gasteiger partial charge in [-0.2, -0.15) is 8.42 Å². The molecule has 0 fully saturated rings. The van der Waals surface area contributed by atoms with Crippen LogP contribution in [0, 0.1) is 0 Å². The average Bonchev–Trinajstić information content (AvgIpc) is 2.44. The zero-order valence-corrected chi connectivity index (χ0v) is 16.5. The smallest absolute Gasteiger partial charge is 0.264 e. The maximum absolute atomic E-state index is 10.8. The molecule has 0 radical (unpaired) electrons. The molecule has 0 bridgehead atoms. The molecular weight excluding hydrogens is 320 g/mol. The second kappa shape index (κ2) is 13.0. The minimum atomic E-state index is -3.35. The molecule has 0 amide bonds. The molecule has 24 heavy (non-hydrogen) atoms. The highest BCUT2D eigenvalue weighted by Crippen LogP contribution is 2.11. The van der Waals surface area contributed by atoms with E-state index < -0.39 is 10.1 Å². The van der Waals surface area contributed by atoms with Crippen molar-refractivity contribution in [2.75, 3.05) is 12.9 Å². The molecule has 0 saturated carbocycles. The van der Waals surface area contributed by atoms with E-state index in [4.69, 9.17) is 0 Å². The molecule has 0 rings (SSSR count). The Morgan fingerprint density at radius 2 is 1.50 bits per heavy atom. The van der Waals surface area contributed by atoms with Gasteiger partial charge < -0.3 is 0 Å². The van der Waals surface area contributed by atoms with Gasteiger partial charge in [-0.3, -0.25) is 4.18 Å². The molecule has 0 saturated heterocycles. The lowest BCUT2D eigenvalue weighted by Gasteiger charge is -2.00. The number of hydrogen-bond donors (Lipinski definition) is 0. The monoisotopic (exact) mass is 352 g/mol. The van der Waals surface area contributed by atoms with Crippen LogP contribution in [0.4, 0.5) is 0 Å². The van der Waals surface area contributed by atoms with Crippen molar-refractivity contribution in [1.29, 1.82) is 0 Å². The maximum atomic E-state index is 10.8. The van der Waals surface area contributed by atoms with Crippen molar-refractivity contribution in [2.45, 2.75) is 53.4 Å². The molecule has 0 heterocycles. The van der Waals surface area contributed by atoms with Gasteiger partial charge in [0, 0.05) is 0 Å². The molecule has 136 valence electrons. The van der Waals surface area contributed by atoms with Gasteiger partial charge in [-0.15, -0.1) is 0 Å². The fourth-order valence-electron chi connectivity index (χ4n) is 1.90. The van der Waals surface area contributed by atoms with Crippen LogP contribution in [0.15, 0.2) is 59.3 Å². The highest BCUT2D eigenvalue weighted by Gasteiger charge is 1.96. The quantitative estimate of drug-likeness (QED) is 0.280. The number of rotatable bonds is 11. The van der Waals surface area contributed by atoms with E-state index in [1.807, 2.05) is 12.2 Å². The molecule has 0 N–H and O–H groups in total. The first-order valence-corrected chi connectivity index (χ1v) is 10.1. The van der Waals surface area contributed by atoms with Gasteiger partial charge in [-0.05, 0) is 53.4 Å². The molecular formula is C20H32O3S. The van der Waals surface area contributed by atoms with Crippen LogP contribution in [0.1, 0.15) is 53.4 Å². The summed E-state index contributed by atoms with van der Waals surface area (Å²) in [6.45, 7) is 8.65. The van der Waals surface area contributed by atoms with Gasteiger partial charge in [0.15, 0.2) is 0 Å². The summed E-state index contributed by atoms with van der Waals surface area (Å²) in [6.07, 6.45) is 19.4. The van der Waals surface area contributed by atoms with Crippen molar-refractivity contribution < 1.29 is 12.6 Å². The third-order valence-corrected chi connectivity index (χ3v) is 3.80. The summed E-state index contributed by atoms with van der Waals surface area (Å²) in [7, 11) is -3.35. The van der Waals surface area contributed by atoms with Gasteiger partial charge >= 0.3 is 0 Å². The fraction of sp³-hybridized carbons (Fsp3) is 0.500. The topological polar surface area (TPSA) is 43.4 Å².